The van der Waals surface area contributed by atoms with E-state index in [2.05, 4.69) is 15.3 Å². The molecular weight excluding hydrogens is 400 g/mol. The summed E-state index contributed by atoms with van der Waals surface area (Å²) >= 11 is 0. The standard InChI is InChI=1S/C22H24N4O3S/c1-15-7-8-17(11-19(15)21-12-23-13-22(25-21)29-2)24-20-6-4-5-16-14-26(30(3,27)28)10-9-18(16)20/h4-8,11-13,24H,9-10,14H2,1-3H3. The summed E-state index contributed by atoms with van der Waals surface area (Å²) in [6, 6.07) is 12.1. The Bertz CT molecular complexity index is 1190. The Morgan fingerprint density at radius 2 is 2.00 bits per heavy atom. The zero-order valence-corrected chi connectivity index (χ0v) is 18.0. The van der Waals surface area contributed by atoms with Crippen molar-refractivity contribution in [1.29, 1.82) is 0 Å². The zero-order valence-electron chi connectivity index (χ0n) is 17.2. The van der Waals surface area contributed by atoms with Gasteiger partial charge < -0.3 is 10.1 Å². The van der Waals surface area contributed by atoms with Crippen LogP contribution in [0.3, 0.4) is 0 Å². The first kappa shape index (κ1) is 20.3. The molecule has 0 saturated heterocycles. The number of nitrogens with one attached hydrogen (secondary N) is 1. The van der Waals surface area contributed by atoms with Crippen molar-refractivity contribution in [1.82, 2.24) is 14.3 Å². The number of sulfonamides is 1. The monoisotopic (exact) mass is 424 g/mol. The van der Waals surface area contributed by atoms with E-state index >= 15 is 0 Å². The molecule has 7 nitrogen and oxygen atoms in total. The maximum atomic E-state index is 11.9. The fraction of sp³-hybridized carbons (Fsp3) is 0.273. The van der Waals surface area contributed by atoms with Crippen LogP contribution in [-0.2, 0) is 23.0 Å². The van der Waals surface area contributed by atoms with Crippen LogP contribution < -0.4 is 10.1 Å². The fourth-order valence-electron chi connectivity index (χ4n) is 3.69. The fourth-order valence-corrected chi connectivity index (χ4v) is 4.49. The van der Waals surface area contributed by atoms with Crippen molar-refractivity contribution in [3.8, 4) is 17.1 Å². The van der Waals surface area contributed by atoms with Gasteiger partial charge in [-0.2, -0.15) is 4.31 Å². The van der Waals surface area contributed by atoms with Crippen molar-refractivity contribution in [2.24, 2.45) is 0 Å². The number of ether oxygens (including phenoxy) is 1. The van der Waals surface area contributed by atoms with E-state index in [4.69, 9.17) is 4.74 Å². The van der Waals surface area contributed by atoms with Crippen LogP contribution >= 0.6 is 0 Å². The van der Waals surface area contributed by atoms with Gasteiger partial charge in [0.1, 0.15) is 0 Å². The molecule has 0 radical (unpaired) electrons. The summed E-state index contributed by atoms with van der Waals surface area (Å²) in [4.78, 5) is 8.71. The molecule has 1 N–H and O–H groups in total. The molecule has 1 aliphatic heterocycles. The van der Waals surface area contributed by atoms with Crippen LogP contribution in [0.25, 0.3) is 11.3 Å². The van der Waals surface area contributed by atoms with Gasteiger partial charge in [0.2, 0.25) is 15.9 Å². The van der Waals surface area contributed by atoms with Crippen molar-refractivity contribution in [2.45, 2.75) is 19.9 Å². The van der Waals surface area contributed by atoms with Gasteiger partial charge in [0.25, 0.3) is 0 Å². The zero-order chi connectivity index (χ0) is 21.3. The van der Waals surface area contributed by atoms with Crippen LogP contribution in [0.15, 0.2) is 48.8 Å². The van der Waals surface area contributed by atoms with E-state index in [1.807, 2.05) is 43.3 Å². The summed E-state index contributed by atoms with van der Waals surface area (Å²) in [5.74, 6) is 0.470. The van der Waals surface area contributed by atoms with Crippen LogP contribution in [-0.4, -0.2) is 42.6 Å². The Labute approximate surface area is 176 Å². The lowest BCUT2D eigenvalue weighted by molar-refractivity contribution is 0.395. The van der Waals surface area contributed by atoms with E-state index in [9.17, 15) is 8.42 Å². The van der Waals surface area contributed by atoms with Crippen LogP contribution in [0.5, 0.6) is 5.88 Å². The molecule has 1 aromatic heterocycles. The Balaban J connectivity index is 1.65. The van der Waals surface area contributed by atoms with Crippen LogP contribution in [0.2, 0.25) is 0 Å². The summed E-state index contributed by atoms with van der Waals surface area (Å²) < 4.78 is 30.5. The second-order valence-corrected chi connectivity index (χ2v) is 9.37. The molecule has 0 unspecified atom stereocenters. The molecule has 0 aliphatic carbocycles. The van der Waals surface area contributed by atoms with Gasteiger partial charge in [0.15, 0.2) is 0 Å². The maximum absolute atomic E-state index is 11.9. The van der Waals surface area contributed by atoms with Crippen LogP contribution in [0.4, 0.5) is 11.4 Å². The van der Waals surface area contributed by atoms with Crippen molar-refractivity contribution < 1.29 is 13.2 Å². The minimum absolute atomic E-state index is 0.405. The number of hydrogen-bond donors (Lipinski definition) is 1. The summed E-state index contributed by atoms with van der Waals surface area (Å²) in [5, 5.41) is 3.50. The number of methoxy groups -OCH3 is 1. The topological polar surface area (TPSA) is 84.4 Å². The summed E-state index contributed by atoms with van der Waals surface area (Å²) in [6.45, 7) is 2.93. The first-order chi connectivity index (χ1) is 14.3. The van der Waals surface area contributed by atoms with E-state index in [1.54, 1.807) is 19.5 Å². The number of fused-ring (bicyclic) bond motifs is 1. The van der Waals surface area contributed by atoms with Gasteiger partial charge in [-0.05, 0) is 48.2 Å². The van der Waals surface area contributed by atoms with Gasteiger partial charge in [-0.25, -0.2) is 13.4 Å². The van der Waals surface area contributed by atoms with Crippen molar-refractivity contribution in [2.75, 3.05) is 25.2 Å². The van der Waals surface area contributed by atoms with E-state index in [0.717, 1.165) is 39.3 Å². The molecule has 0 atom stereocenters. The molecule has 0 amide bonds. The molecule has 0 bridgehead atoms. The number of nitrogens with zero attached hydrogens (tertiary/aromatic N) is 3. The molecule has 30 heavy (non-hydrogen) atoms. The third-order valence-electron chi connectivity index (χ3n) is 5.31. The molecule has 0 spiro atoms. The van der Waals surface area contributed by atoms with E-state index in [0.29, 0.717) is 25.4 Å². The average molecular weight is 425 g/mol. The summed E-state index contributed by atoms with van der Waals surface area (Å²) in [6.07, 6.45) is 5.23. The van der Waals surface area contributed by atoms with Crippen molar-refractivity contribution in [3.05, 3.63) is 65.5 Å². The van der Waals surface area contributed by atoms with Gasteiger partial charge in [0, 0.05) is 30.0 Å². The molecular formula is C22H24N4O3S. The maximum Gasteiger partial charge on any atom is 0.232 e. The molecule has 0 fully saturated rings. The van der Waals surface area contributed by atoms with Gasteiger partial charge in [-0.1, -0.05) is 18.2 Å². The highest BCUT2D eigenvalue weighted by atomic mass is 32.2. The highest BCUT2D eigenvalue weighted by Crippen LogP contribution is 2.32. The lowest BCUT2D eigenvalue weighted by Gasteiger charge is -2.28. The molecule has 8 heteroatoms. The Kier molecular flexibility index (Phi) is 5.44. The van der Waals surface area contributed by atoms with E-state index < -0.39 is 10.0 Å². The average Bonchev–Trinajstić information content (AvgIpc) is 2.74. The molecule has 0 saturated carbocycles. The molecule has 1 aliphatic rings. The predicted molar refractivity (Wildman–Crippen MR) is 117 cm³/mol. The predicted octanol–water partition coefficient (Wildman–Crippen LogP) is 3.52. The second kappa shape index (κ2) is 8.04. The minimum atomic E-state index is -3.20. The van der Waals surface area contributed by atoms with Gasteiger partial charge in [0.05, 0.1) is 31.5 Å². The van der Waals surface area contributed by atoms with E-state index in [1.165, 1.54) is 10.6 Å². The first-order valence-corrected chi connectivity index (χ1v) is 11.5. The highest BCUT2D eigenvalue weighted by Gasteiger charge is 2.24. The van der Waals surface area contributed by atoms with E-state index in [-0.39, 0.29) is 0 Å². The quantitative estimate of drug-likeness (QED) is 0.675. The first-order valence-electron chi connectivity index (χ1n) is 9.65. The van der Waals surface area contributed by atoms with Crippen molar-refractivity contribution >= 4 is 21.4 Å². The Morgan fingerprint density at radius 3 is 2.77 bits per heavy atom. The largest absolute Gasteiger partial charge is 0.480 e. The molecule has 2 aromatic carbocycles. The van der Waals surface area contributed by atoms with Crippen LogP contribution in [0.1, 0.15) is 16.7 Å². The normalized spacial score (nSPS) is 14.2. The lowest BCUT2D eigenvalue weighted by Crippen LogP contribution is -2.35. The second-order valence-electron chi connectivity index (χ2n) is 7.39. The third kappa shape index (κ3) is 4.15. The number of hydrogen-bond acceptors (Lipinski definition) is 6. The van der Waals surface area contributed by atoms with Gasteiger partial charge >= 0.3 is 0 Å². The molecule has 156 valence electrons. The number of rotatable bonds is 5. The van der Waals surface area contributed by atoms with Crippen molar-refractivity contribution in [3.63, 3.8) is 0 Å². The number of anilines is 2. The Morgan fingerprint density at radius 1 is 1.17 bits per heavy atom. The number of aromatic nitrogens is 2. The number of aryl methyl sites for hydroxylation is 1. The molecule has 3 aromatic rings. The van der Waals surface area contributed by atoms with Gasteiger partial charge in [-0.15, -0.1) is 0 Å². The van der Waals surface area contributed by atoms with Gasteiger partial charge in [-0.3, -0.25) is 4.98 Å². The summed E-state index contributed by atoms with van der Waals surface area (Å²) in [5.41, 5.74) is 6.91. The summed E-state index contributed by atoms with van der Waals surface area (Å²) in [7, 11) is -1.63. The highest BCUT2D eigenvalue weighted by molar-refractivity contribution is 7.88. The third-order valence-corrected chi connectivity index (χ3v) is 6.56. The Hall–Kier alpha value is -2.97. The molecule has 4 rings (SSSR count). The smallest absolute Gasteiger partial charge is 0.232 e. The number of benzene rings is 2. The minimum Gasteiger partial charge on any atom is -0.480 e. The SMILES string of the molecule is COc1cncc(-c2cc(Nc3cccc4c3CCN(S(C)(=O)=O)C4)ccc2C)n1. The molecule has 2 heterocycles. The lowest BCUT2D eigenvalue weighted by atomic mass is 9.98. The van der Waals surface area contributed by atoms with Crippen LogP contribution in [0, 0.1) is 6.92 Å².